The quantitative estimate of drug-likeness (QED) is 0.893. The summed E-state index contributed by atoms with van der Waals surface area (Å²) >= 11 is 6.20. The van der Waals surface area contributed by atoms with Gasteiger partial charge < -0.3 is 10.2 Å². The molecular weight excluding hydrogens is 331 g/mol. The first-order valence-corrected chi connectivity index (χ1v) is 8.75. The van der Waals surface area contributed by atoms with Crippen molar-refractivity contribution in [3.63, 3.8) is 0 Å². The van der Waals surface area contributed by atoms with E-state index in [0.29, 0.717) is 6.04 Å². The van der Waals surface area contributed by atoms with Crippen LogP contribution in [0.5, 0.6) is 0 Å². The number of hydrogen-bond acceptors (Lipinski definition) is 2. The van der Waals surface area contributed by atoms with Gasteiger partial charge in [0.05, 0.1) is 5.41 Å². The molecule has 0 aromatic heterocycles. The highest BCUT2D eigenvalue weighted by Gasteiger charge is 2.44. The monoisotopic (exact) mass is 356 g/mol. The zero-order chi connectivity index (χ0) is 15.6. The van der Waals surface area contributed by atoms with Crippen LogP contribution < -0.4 is 5.32 Å². The average molecular weight is 357 g/mol. The van der Waals surface area contributed by atoms with Crippen LogP contribution in [-0.2, 0) is 10.2 Å². The maximum atomic E-state index is 13.4. The van der Waals surface area contributed by atoms with Crippen molar-refractivity contribution in [3.05, 3.63) is 34.9 Å². The Morgan fingerprint density at radius 2 is 2.04 bits per heavy atom. The number of benzene rings is 1. The van der Waals surface area contributed by atoms with Crippen molar-refractivity contribution in [2.45, 2.75) is 50.0 Å². The van der Waals surface area contributed by atoms with E-state index in [9.17, 15) is 4.79 Å². The third-order valence-electron chi connectivity index (χ3n) is 5.40. The zero-order valence-electron chi connectivity index (χ0n) is 13.7. The minimum atomic E-state index is -0.375. The first-order valence-electron chi connectivity index (χ1n) is 8.37. The maximum Gasteiger partial charge on any atom is 0.233 e. The van der Waals surface area contributed by atoms with Crippen LogP contribution in [0.2, 0.25) is 5.02 Å². The SMILES string of the molecule is CN(C(=O)C1(c2cccc(Cl)c2)CCCCC1)C1CCNC1.Cl. The molecule has 23 heavy (non-hydrogen) atoms. The number of nitrogens with one attached hydrogen (secondary N) is 1. The summed E-state index contributed by atoms with van der Waals surface area (Å²) in [6, 6.07) is 8.25. The molecule has 1 atom stereocenters. The first kappa shape index (κ1) is 18.6. The lowest BCUT2D eigenvalue weighted by atomic mass is 9.68. The Morgan fingerprint density at radius 3 is 2.65 bits per heavy atom. The smallest absolute Gasteiger partial charge is 0.233 e. The van der Waals surface area contributed by atoms with E-state index < -0.39 is 0 Å². The molecule has 0 bridgehead atoms. The lowest BCUT2D eigenvalue weighted by Crippen LogP contribution is -2.50. The molecule has 2 fully saturated rings. The van der Waals surface area contributed by atoms with Gasteiger partial charge in [-0.3, -0.25) is 4.79 Å². The van der Waals surface area contributed by atoms with Crippen molar-refractivity contribution >= 4 is 29.9 Å². The van der Waals surface area contributed by atoms with Gasteiger partial charge in [0.15, 0.2) is 0 Å². The fourth-order valence-electron chi connectivity index (χ4n) is 4.04. The average Bonchev–Trinajstić information content (AvgIpc) is 3.08. The molecule has 1 saturated carbocycles. The van der Waals surface area contributed by atoms with Crippen LogP contribution in [0.15, 0.2) is 24.3 Å². The van der Waals surface area contributed by atoms with Crippen LogP contribution in [-0.4, -0.2) is 37.0 Å². The van der Waals surface area contributed by atoms with Gasteiger partial charge in [-0.1, -0.05) is 43.0 Å². The van der Waals surface area contributed by atoms with E-state index in [-0.39, 0.29) is 23.7 Å². The minimum absolute atomic E-state index is 0. The van der Waals surface area contributed by atoms with Gasteiger partial charge in [-0.25, -0.2) is 0 Å². The number of hydrogen-bond donors (Lipinski definition) is 1. The maximum absolute atomic E-state index is 13.4. The molecule has 1 unspecified atom stereocenters. The second-order valence-corrected chi connectivity index (χ2v) is 7.15. The number of nitrogens with zero attached hydrogens (tertiary/aromatic N) is 1. The standard InChI is InChI=1S/C18H25ClN2O.ClH/c1-21(16-8-11-20-13-16)17(22)18(9-3-2-4-10-18)14-6-5-7-15(19)12-14;/h5-7,12,16,20H,2-4,8-11,13H2,1H3;1H. The van der Waals surface area contributed by atoms with E-state index in [1.807, 2.05) is 30.1 Å². The highest BCUT2D eigenvalue weighted by molar-refractivity contribution is 6.30. The van der Waals surface area contributed by atoms with Gasteiger partial charge in [0.2, 0.25) is 5.91 Å². The van der Waals surface area contributed by atoms with Crippen LogP contribution >= 0.6 is 24.0 Å². The highest BCUT2D eigenvalue weighted by atomic mass is 35.5. The predicted molar refractivity (Wildman–Crippen MR) is 97.5 cm³/mol. The van der Waals surface area contributed by atoms with Crippen molar-refractivity contribution in [1.29, 1.82) is 0 Å². The van der Waals surface area contributed by atoms with Gasteiger partial charge in [-0.05, 0) is 43.5 Å². The lowest BCUT2D eigenvalue weighted by Gasteiger charge is -2.41. The van der Waals surface area contributed by atoms with Gasteiger partial charge in [0.1, 0.15) is 0 Å². The predicted octanol–water partition coefficient (Wildman–Crippen LogP) is 3.78. The van der Waals surface area contributed by atoms with Gasteiger partial charge in [0.25, 0.3) is 0 Å². The molecule has 2 aliphatic rings. The van der Waals surface area contributed by atoms with E-state index >= 15 is 0 Å². The van der Waals surface area contributed by atoms with Crippen molar-refractivity contribution in [2.75, 3.05) is 20.1 Å². The summed E-state index contributed by atoms with van der Waals surface area (Å²) in [5.41, 5.74) is 0.725. The number of carbonyl (C=O) groups excluding carboxylic acids is 1. The van der Waals surface area contributed by atoms with Crippen LogP contribution in [0.3, 0.4) is 0 Å². The molecule has 3 rings (SSSR count). The van der Waals surface area contributed by atoms with Crippen molar-refractivity contribution in [3.8, 4) is 0 Å². The Morgan fingerprint density at radius 1 is 1.30 bits per heavy atom. The summed E-state index contributed by atoms with van der Waals surface area (Å²) in [4.78, 5) is 15.4. The van der Waals surface area contributed by atoms with E-state index in [0.717, 1.165) is 55.8 Å². The number of halogens is 2. The molecule has 1 aliphatic heterocycles. The number of likely N-dealkylation sites (N-methyl/N-ethyl adjacent to an activating group) is 1. The molecule has 1 heterocycles. The minimum Gasteiger partial charge on any atom is -0.341 e. The number of amides is 1. The topological polar surface area (TPSA) is 32.3 Å². The van der Waals surface area contributed by atoms with Crippen molar-refractivity contribution in [1.82, 2.24) is 10.2 Å². The summed E-state index contributed by atoms with van der Waals surface area (Å²) in [6.07, 6.45) is 6.40. The molecule has 1 saturated heterocycles. The molecule has 1 aliphatic carbocycles. The Labute approximate surface area is 150 Å². The van der Waals surface area contributed by atoms with Crippen LogP contribution in [0.25, 0.3) is 0 Å². The summed E-state index contributed by atoms with van der Waals surface area (Å²) in [7, 11) is 1.97. The zero-order valence-corrected chi connectivity index (χ0v) is 15.3. The second kappa shape index (κ2) is 7.87. The van der Waals surface area contributed by atoms with Gasteiger partial charge in [-0.15, -0.1) is 12.4 Å². The van der Waals surface area contributed by atoms with Crippen molar-refractivity contribution in [2.24, 2.45) is 0 Å². The fraction of sp³-hybridized carbons (Fsp3) is 0.611. The van der Waals surface area contributed by atoms with Gasteiger partial charge in [-0.2, -0.15) is 0 Å². The molecule has 0 spiro atoms. The van der Waals surface area contributed by atoms with Crippen LogP contribution in [0, 0.1) is 0 Å². The fourth-order valence-corrected chi connectivity index (χ4v) is 4.23. The lowest BCUT2D eigenvalue weighted by molar-refractivity contribution is -0.139. The molecule has 128 valence electrons. The molecule has 0 radical (unpaired) electrons. The van der Waals surface area contributed by atoms with E-state index in [1.165, 1.54) is 6.42 Å². The molecule has 1 aromatic rings. The molecule has 1 N–H and O–H groups in total. The third-order valence-corrected chi connectivity index (χ3v) is 5.63. The molecular formula is C18H26Cl2N2O. The second-order valence-electron chi connectivity index (χ2n) is 6.72. The van der Waals surface area contributed by atoms with Crippen LogP contribution in [0.4, 0.5) is 0 Å². The number of carbonyl (C=O) groups is 1. The normalized spacial score (nSPS) is 23.1. The number of rotatable bonds is 3. The summed E-state index contributed by atoms with van der Waals surface area (Å²) < 4.78 is 0. The van der Waals surface area contributed by atoms with E-state index in [4.69, 9.17) is 11.6 Å². The molecule has 3 nitrogen and oxygen atoms in total. The van der Waals surface area contributed by atoms with E-state index in [2.05, 4.69) is 11.4 Å². The van der Waals surface area contributed by atoms with Gasteiger partial charge in [0, 0.05) is 24.7 Å². The molecule has 1 amide bonds. The third kappa shape index (κ3) is 3.67. The Hall–Kier alpha value is -0.770. The van der Waals surface area contributed by atoms with E-state index in [1.54, 1.807) is 0 Å². The first-order chi connectivity index (χ1) is 10.6. The summed E-state index contributed by atoms with van der Waals surface area (Å²) in [6.45, 7) is 1.92. The molecule has 1 aromatic carbocycles. The van der Waals surface area contributed by atoms with Crippen molar-refractivity contribution < 1.29 is 4.79 Å². The Kier molecular flexibility index (Phi) is 6.35. The highest BCUT2D eigenvalue weighted by Crippen LogP contribution is 2.42. The summed E-state index contributed by atoms with van der Waals surface area (Å²) in [5.74, 6) is 0.281. The van der Waals surface area contributed by atoms with Gasteiger partial charge >= 0.3 is 0 Å². The Balaban J connectivity index is 0.00000192. The van der Waals surface area contributed by atoms with Crippen LogP contribution in [0.1, 0.15) is 44.1 Å². The molecule has 5 heteroatoms. The summed E-state index contributed by atoms with van der Waals surface area (Å²) in [5, 5.41) is 4.08. The largest absolute Gasteiger partial charge is 0.341 e. The Bertz CT molecular complexity index is 538.